The lowest BCUT2D eigenvalue weighted by Crippen LogP contribution is -2.16. The molecule has 0 bridgehead atoms. The van der Waals surface area contributed by atoms with E-state index in [1.165, 1.54) is 0 Å². The minimum absolute atomic E-state index is 0.0803. The lowest BCUT2D eigenvalue weighted by molar-refractivity contribution is 0.768. The van der Waals surface area contributed by atoms with Crippen LogP contribution in [-0.4, -0.2) is 19.3 Å². The zero-order valence-corrected chi connectivity index (χ0v) is 11.3. The van der Waals surface area contributed by atoms with E-state index in [1.807, 2.05) is 38.5 Å². The summed E-state index contributed by atoms with van der Waals surface area (Å²) in [6.07, 6.45) is 7.20. The second kappa shape index (κ2) is 4.77. The summed E-state index contributed by atoms with van der Waals surface area (Å²) in [7, 11) is 1.86. The van der Waals surface area contributed by atoms with Crippen LogP contribution >= 0.6 is 0 Å². The van der Waals surface area contributed by atoms with E-state index >= 15 is 0 Å². The van der Waals surface area contributed by atoms with E-state index in [2.05, 4.69) is 10.1 Å². The fraction of sp³-hybridized carbons (Fsp3) is 0.133. The summed E-state index contributed by atoms with van der Waals surface area (Å²) >= 11 is 0. The molecule has 0 aliphatic rings. The van der Waals surface area contributed by atoms with Gasteiger partial charge in [-0.25, -0.2) is 0 Å². The van der Waals surface area contributed by atoms with Gasteiger partial charge in [-0.3, -0.25) is 19.0 Å². The predicted octanol–water partition coefficient (Wildman–Crippen LogP) is 1.94. The lowest BCUT2D eigenvalue weighted by Gasteiger charge is -2.07. The highest BCUT2D eigenvalue weighted by atomic mass is 16.1. The van der Waals surface area contributed by atoms with E-state index in [9.17, 15) is 4.79 Å². The predicted molar refractivity (Wildman–Crippen MR) is 76.8 cm³/mol. The van der Waals surface area contributed by atoms with Crippen LogP contribution < -0.4 is 5.56 Å². The van der Waals surface area contributed by atoms with Crippen LogP contribution in [0.4, 0.5) is 0 Å². The third-order valence-electron chi connectivity index (χ3n) is 3.12. The molecule has 0 aromatic carbocycles. The fourth-order valence-electron chi connectivity index (χ4n) is 2.03. The first-order valence-electron chi connectivity index (χ1n) is 6.28. The van der Waals surface area contributed by atoms with Crippen LogP contribution in [-0.2, 0) is 7.05 Å². The van der Waals surface area contributed by atoms with Crippen LogP contribution in [0.5, 0.6) is 0 Å². The van der Waals surface area contributed by atoms with Crippen molar-refractivity contribution in [2.45, 2.75) is 6.92 Å². The number of aryl methyl sites for hydroxylation is 2. The van der Waals surface area contributed by atoms with E-state index < -0.39 is 0 Å². The van der Waals surface area contributed by atoms with E-state index in [1.54, 1.807) is 33.8 Å². The lowest BCUT2D eigenvalue weighted by atomic mass is 10.1. The van der Waals surface area contributed by atoms with Crippen molar-refractivity contribution >= 4 is 0 Å². The van der Waals surface area contributed by atoms with Gasteiger partial charge in [-0.05, 0) is 25.1 Å². The molecule has 0 saturated carbocycles. The summed E-state index contributed by atoms with van der Waals surface area (Å²) in [4.78, 5) is 16.2. The fourth-order valence-corrected chi connectivity index (χ4v) is 2.03. The van der Waals surface area contributed by atoms with Gasteiger partial charge in [0.05, 0.1) is 18.1 Å². The van der Waals surface area contributed by atoms with Gasteiger partial charge < -0.3 is 0 Å². The van der Waals surface area contributed by atoms with E-state index in [0.717, 1.165) is 22.5 Å². The Labute approximate surface area is 116 Å². The van der Waals surface area contributed by atoms with Crippen molar-refractivity contribution < 1.29 is 0 Å². The highest BCUT2D eigenvalue weighted by molar-refractivity contribution is 5.61. The maximum absolute atomic E-state index is 12.0. The Balaban J connectivity index is 2.11. The zero-order valence-electron chi connectivity index (χ0n) is 11.3. The molecule has 3 aromatic heterocycles. The average molecular weight is 266 g/mol. The van der Waals surface area contributed by atoms with E-state index in [-0.39, 0.29) is 5.56 Å². The Hall–Kier alpha value is -2.69. The molecule has 0 unspecified atom stereocenters. The van der Waals surface area contributed by atoms with Crippen molar-refractivity contribution in [2.75, 3.05) is 0 Å². The summed E-state index contributed by atoms with van der Waals surface area (Å²) in [6, 6.07) is 7.13. The smallest absolute Gasteiger partial charge is 0.255 e. The Morgan fingerprint density at radius 3 is 2.50 bits per heavy atom. The number of nitrogens with zero attached hydrogens (tertiary/aromatic N) is 4. The Bertz CT molecular complexity index is 799. The van der Waals surface area contributed by atoms with Crippen LogP contribution in [0, 0.1) is 6.92 Å². The number of pyridine rings is 2. The quantitative estimate of drug-likeness (QED) is 0.712. The monoisotopic (exact) mass is 266 g/mol. The number of hydrogen-bond donors (Lipinski definition) is 0. The van der Waals surface area contributed by atoms with Gasteiger partial charge in [0.1, 0.15) is 0 Å². The van der Waals surface area contributed by atoms with Crippen LogP contribution in [0.15, 0.2) is 53.8 Å². The topological polar surface area (TPSA) is 52.7 Å². The molecule has 0 N–H and O–H groups in total. The third-order valence-corrected chi connectivity index (χ3v) is 3.12. The number of hydrogen-bond acceptors (Lipinski definition) is 3. The van der Waals surface area contributed by atoms with Gasteiger partial charge in [0, 0.05) is 42.3 Å². The molecule has 20 heavy (non-hydrogen) atoms. The molecule has 0 radical (unpaired) electrons. The molecular formula is C15H14N4O. The molecule has 0 saturated heterocycles. The van der Waals surface area contributed by atoms with Crippen molar-refractivity contribution in [2.24, 2.45) is 7.05 Å². The summed E-state index contributed by atoms with van der Waals surface area (Å²) in [5.74, 6) is 0. The molecule has 0 fully saturated rings. The second-order valence-electron chi connectivity index (χ2n) is 4.69. The Morgan fingerprint density at radius 1 is 1.00 bits per heavy atom. The van der Waals surface area contributed by atoms with Crippen molar-refractivity contribution in [3.63, 3.8) is 0 Å². The molecule has 0 atom stereocenters. The molecule has 100 valence electrons. The van der Waals surface area contributed by atoms with Gasteiger partial charge >= 0.3 is 0 Å². The Morgan fingerprint density at radius 2 is 1.85 bits per heavy atom. The molecule has 5 nitrogen and oxygen atoms in total. The van der Waals surface area contributed by atoms with Crippen LogP contribution in [0.25, 0.3) is 16.8 Å². The van der Waals surface area contributed by atoms with Crippen molar-refractivity contribution in [1.29, 1.82) is 0 Å². The zero-order chi connectivity index (χ0) is 14.1. The molecule has 3 heterocycles. The third kappa shape index (κ3) is 2.25. The minimum atomic E-state index is -0.0803. The van der Waals surface area contributed by atoms with Gasteiger partial charge in [-0.2, -0.15) is 5.10 Å². The van der Waals surface area contributed by atoms with Crippen LogP contribution in [0.1, 0.15) is 5.69 Å². The first-order chi connectivity index (χ1) is 9.63. The maximum Gasteiger partial charge on any atom is 0.255 e. The van der Waals surface area contributed by atoms with Gasteiger partial charge in [0.25, 0.3) is 5.56 Å². The SMILES string of the molecule is Cc1ccc(-n2cc(-c3cnn(C)c3)ccc2=O)cn1. The van der Waals surface area contributed by atoms with Gasteiger partial charge in [-0.15, -0.1) is 0 Å². The van der Waals surface area contributed by atoms with Gasteiger partial charge in [0.2, 0.25) is 0 Å². The van der Waals surface area contributed by atoms with Crippen molar-refractivity contribution in [3.05, 3.63) is 65.1 Å². The summed E-state index contributed by atoms with van der Waals surface area (Å²) in [5.41, 5.74) is 3.51. The summed E-state index contributed by atoms with van der Waals surface area (Å²) in [6.45, 7) is 1.92. The summed E-state index contributed by atoms with van der Waals surface area (Å²) < 4.78 is 3.33. The normalized spacial score (nSPS) is 10.7. The molecular weight excluding hydrogens is 252 g/mol. The molecule has 0 aliphatic carbocycles. The van der Waals surface area contributed by atoms with E-state index in [0.29, 0.717) is 0 Å². The summed E-state index contributed by atoms with van der Waals surface area (Å²) in [5, 5.41) is 4.15. The molecule has 3 rings (SSSR count). The Kier molecular flexibility index (Phi) is 2.95. The second-order valence-corrected chi connectivity index (χ2v) is 4.69. The van der Waals surface area contributed by atoms with Crippen molar-refractivity contribution in [3.8, 4) is 16.8 Å². The maximum atomic E-state index is 12.0. The molecule has 0 spiro atoms. The number of rotatable bonds is 2. The highest BCUT2D eigenvalue weighted by Crippen LogP contribution is 2.17. The largest absolute Gasteiger partial charge is 0.282 e. The molecule has 5 heteroatoms. The first kappa shape index (κ1) is 12.3. The van der Waals surface area contributed by atoms with Crippen molar-refractivity contribution in [1.82, 2.24) is 19.3 Å². The molecule has 0 amide bonds. The molecule has 3 aromatic rings. The minimum Gasteiger partial charge on any atom is -0.282 e. The van der Waals surface area contributed by atoms with Crippen LogP contribution in [0.2, 0.25) is 0 Å². The van der Waals surface area contributed by atoms with Gasteiger partial charge in [0.15, 0.2) is 0 Å². The van der Waals surface area contributed by atoms with Gasteiger partial charge in [-0.1, -0.05) is 0 Å². The van der Waals surface area contributed by atoms with Crippen LogP contribution in [0.3, 0.4) is 0 Å². The van der Waals surface area contributed by atoms with E-state index in [4.69, 9.17) is 0 Å². The number of aromatic nitrogens is 4. The molecule has 0 aliphatic heterocycles. The first-order valence-corrected chi connectivity index (χ1v) is 6.28. The average Bonchev–Trinajstić information content (AvgIpc) is 2.87. The highest BCUT2D eigenvalue weighted by Gasteiger charge is 2.05. The standard InChI is InChI=1S/C15H14N4O/c1-11-3-5-14(8-16-11)19-10-12(4-6-15(19)20)13-7-17-18(2)9-13/h3-10H,1-2H3.